The number of esters is 1. The molecule has 0 fully saturated rings. The van der Waals surface area contributed by atoms with Gasteiger partial charge in [0.1, 0.15) is 5.75 Å². The lowest BCUT2D eigenvalue weighted by Crippen LogP contribution is -2.21. The van der Waals surface area contributed by atoms with Gasteiger partial charge in [-0.2, -0.15) is 0 Å². The van der Waals surface area contributed by atoms with Crippen molar-refractivity contribution in [3.63, 3.8) is 0 Å². The Kier molecular flexibility index (Phi) is 6.83. The van der Waals surface area contributed by atoms with Crippen molar-refractivity contribution in [1.82, 2.24) is 0 Å². The topological polar surface area (TPSA) is 64.6 Å². The third-order valence-corrected chi connectivity index (χ3v) is 3.80. The maximum Gasteiger partial charge on any atom is 0.310 e. The first-order valence-electron chi connectivity index (χ1n) is 7.88. The van der Waals surface area contributed by atoms with Gasteiger partial charge in [-0.25, -0.2) is 0 Å². The first-order chi connectivity index (χ1) is 12.0. The molecule has 0 aliphatic heterocycles. The number of aryl methyl sites for hydroxylation is 1. The van der Waals surface area contributed by atoms with Crippen molar-refractivity contribution in [3.05, 3.63) is 58.6 Å². The summed E-state index contributed by atoms with van der Waals surface area (Å²) in [6, 6.07) is 12.5. The molecule has 2 aromatic rings. The van der Waals surface area contributed by atoms with Gasteiger partial charge in [0.15, 0.2) is 6.61 Å². The minimum Gasteiger partial charge on any atom is -0.496 e. The van der Waals surface area contributed by atoms with E-state index in [2.05, 4.69) is 5.32 Å². The predicted molar refractivity (Wildman–Crippen MR) is 97.1 cm³/mol. The van der Waals surface area contributed by atoms with Crippen LogP contribution in [0.3, 0.4) is 0 Å². The van der Waals surface area contributed by atoms with Crippen molar-refractivity contribution in [2.24, 2.45) is 0 Å². The largest absolute Gasteiger partial charge is 0.496 e. The van der Waals surface area contributed by atoms with E-state index in [-0.39, 0.29) is 18.9 Å². The smallest absolute Gasteiger partial charge is 0.310 e. The molecule has 0 unspecified atom stereocenters. The number of nitrogens with one attached hydrogen (secondary N) is 1. The zero-order valence-corrected chi connectivity index (χ0v) is 14.9. The second-order valence-corrected chi connectivity index (χ2v) is 5.83. The van der Waals surface area contributed by atoms with Crippen molar-refractivity contribution in [3.8, 4) is 5.75 Å². The molecule has 0 atom stereocenters. The van der Waals surface area contributed by atoms with E-state index in [1.807, 2.05) is 25.1 Å². The van der Waals surface area contributed by atoms with Crippen LogP contribution in [0.4, 0.5) is 5.69 Å². The molecule has 132 valence electrons. The molecule has 5 nitrogen and oxygen atoms in total. The lowest BCUT2D eigenvalue weighted by atomic mass is 10.1. The Bertz CT molecular complexity index is 761. The molecule has 0 radical (unpaired) electrons. The molecule has 0 saturated carbocycles. The summed E-state index contributed by atoms with van der Waals surface area (Å²) in [6.45, 7) is 1.69. The third kappa shape index (κ3) is 5.80. The summed E-state index contributed by atoms with van der Waals surface area (Å²) in [7, 11) is 1.51. The van der Waals surface area contributed by atoms with Crippen molar-refractivity contribution in [2.45, 2.75) is 19.8 Å². The number of methoxy groups -OCH3 is 1. The Morgan fingerprint density at radius 2 is 1.96 bits per heavy atom. The number of carbonyl (C=O) groups excluding carboxylic acids is 2. The quantitative estimate of drug-likeness (QED) is 0.765. The second kappa shape index (κ2) is 9.08. The summed E-state index contributed by atoms with van der Waals surface area (Å²) in [4.78, 5) is 23.9. The van der Waals surface area contributed by atoms with Gasteiger partial charge in [-0.05, 0) is 42.3 Å². The van der Waals surface area contributed by atoms with Gasteiger partial charge < -0.3 is 14.8 Å². The Hall–Kier alpha value is -2.53. The zero-order chi connectivity index (χ0) is 18.2. The van der Waals surface area contributed by atoms with Gasteiger partial charge in [0, 0.05) is 16.3 Å². The molecule has 2 aromatic carbocycles. The summed E-state index contributed by atoms with van der Waals surface area (Å²) in [5.74, 6) is -0.375. The van der Waals surface area contributed by atoms with Crippen molar-refractivity contribution >= 4 is 29.2 Å². The van der Waals surface area contributed by atoms with Crippen LogP contribution < -0.4 is 10.1 Å². The normalized spacial score (nSPS) is 10.2. The molecule has 0 saturated heterocycles. The Morgan fingerprint density at radius 1 is 1.16 bits per heavy atom. The standard InChI is InChI=1S/C19H20ClNO4/c1-3-13-5-4-6-16(9-13)21-18(22)12-25-19(23)11-14-10-15(20)7-8-17(14)24-2/h4-10H,3,11-12H2,1-2H3,(H,21,22). The number of rotatable bonds is 7. The molecular formula is C19H20ClNO4. The number of amides is 1. The van der Waals surface area contributed by atoms with Gasteiger partial charge in [0.2, 0.25) is 0 Å². The zero-order valence-electron chi connectivity index (χ0n) is 14.2. The molecular weight excluding hydrogens is 342 g/mol. The molecule has 1 N–H and O–H groups in total. The molecule has 0 aromatic heterocycles. The highest BCUT2D eigenvalue weighted by Gasteiger charge is 2.12. The molecule has 25 heavy (non-hydrogen) atoms. The molecule has 1 amide bonds. The summed E-state index contributed by atoms with van der Waals surface area (Å²) < 4.78 is 10.2. The summed E-state index contributed by atoms with van der Waals surface area (Å²) in [5.41, 5.74) is 2.40. The average molecular weight is 362 g/mol. The van der Waals surface area contributed by atoms with Gasteiger partial charge in [-0.1, -0.05) is 30.7 Å². The first-order valence-corrected chi connectivity index (χ1v) is 8.26. The van der Waals surface area contributed by atoms with E-state index in [0.717, 1.165) is 12.0 Å². The monoisotopic (exact) mass is 361 g/mol. The summed E-state index contributed by atoms with van der Waals surface area (Å²) in [6.07, 6.45) is 0.850. The highest BCUT2D eigenvalue weighted by molar-refractivity contribution is 6.30. The van der Waals surface area contributed by atoms with E-state index < -0.39 is 5.97 Å². The Morgan fingerprint density at radius 3 is 2.68 bits per heavy atom. The molecule has 0 spiro atoms. The number of hydrogen-bond acceptors (Lipinski definition) is 4. The van der Waals surface area contributed by atoms with Crippen LogP contribution in [-0.2, 0) is 27.2 Å². The lowest BCUT2D eigenvalue weighted by molar-refractivity contribution is -0.146. The van der Waals surface area contributed by atoms with Crippen molar-refractivity contribution < 1.29 is 19.1 Å². The third-order valence-electron chi connectivity index (χ3n) is 3.56. The van der Waals surface area contributed by atoms with E-state index in [4.69, 9.17) is 21.1 Å². The molecule has 0 heterocycles. The van der Waals surface area contributed by atoms with E-state index in [9.17, 15) is 9.59 Å². The van der Waals surface area contributed by atoms with Gasteiger partial charge >= 0.3 is 5.97 Å². The fourth-order valence-corrected chi connectivity index (χ4v) is 2.50. The minimum absolute atomic E-state index is 0.0255. The maximum atomic E-state index is 11.9. The van der Waals surface area contributed by atoms with E-state index in [1.165, 1.54) is 7.11 Å². The van der Waals surface area contributed by atoms with Gasteiger partial charge in [0.25, 0.3) is 5.91 Å². The van der Waals surface area contributed by atoms with Crippen LogP contribution in [-0.4, -0.2) is 25.6 Å². The number of hydrogen-bond donors (Lipinski definition) is 1. The van der Waals surface area contributed by atoms with Crippen LogP contribution >= 0.6 is 11.6 Å². The summed E-state index contributed by atoms with van der Waals surface area (Å²) in [5, 5.41) is 3.20. The van der Waals surface area contributed by atoms with Gasteiger partial charge in [-0.15, -0.1) is 0 Å². The van der Waals surface area contributed by atoms with Crippen LogP contribution in [0.2, 0.25) is 5.02 Å². The SMILES string of the molecule is CCc1cccc(NC(=O)COC(=O)Cc2cc(Cl)ccc2OC)c1. The first kappa shape index (κ1) is 18.8. The van der Waals surface area contributed by atoms with Gasteiger partial charge in [0.05, 0.1) is 13.5 Å². The fourth-order valence-electron chi connectivity index (χ4n) is 2.30. The van der Waals surface area contributed by atoms with E-state index in [0.29, 0.717) is 22.0 Å². The lowest BCUT2D eigenvalue weighted by Gasteiger charge is -2.10. The number of anilines is 1. The number of ether oxygens (including phenoxy) is 2. The highest BCUT2D eigenvalue weighted by Crippen LogP contribution is 2.23. The molecule has 2 rings (SSSR count). The maximum absolute atomic E-state index is 11.9. The van der Waals surface area contributed by atoms with Crippen LogP contribution in [0.25, 0.3) is 0 Å². The van der Waals surface area contributed by atoms with Gasteiger partial charge in [-0.3, -0.25) is 9.59 Å². The van der Waals surface area contributed by atoms with Crippen LogP contribution in [0.15, 0.2) is 42.5 Å². The number of benzene rings is 2. The Labute approximate surface area is 151 Å². The average Bonchev–Trinajstić information content (AvgIpc) is 2.60. The van der Waals surface area contributed by atoms with Crippen molar-refractivity contribution in [1.29, 1.82) is 0 Å². The molecule has 0 aliphatic rings. The number of halogens is 1. The van der Waals surface area contributed by atoms with E-state index >= 15 is 0 Å². The van der Waals surface area contributed by atoms with Crippen molar-refractivity contribution in [2.75, 3.05) is 19.0 Å². The van der Waals surface area contributed by atoms with E-state index in [1.54, 1.807) is 24.3 Å². The molecule has 6 heteroatoms. The fraction of sp³-hybridized carbons (Fsp3) is 0.263. The molecule has 0 aliphatic carbocycles. The van der Waals surface area contributed by atoms with Crippen LogP contribution in [0.5, 0.6) is 5.75 Å². The summed E-state index contributed by atoms with van der Waals surface area (Å²) >= 11 is 5.93. The number of carbonyl (C=O) groups is 2. The van der Waals surface area contributed by atoms with Crippen LogP contribution in [0, 0.1) is 0 Å². The minimum atomic E-state index is -0.530. The molecule has 0 bridgehead atoms. The van der Waals surface area contributed by atoms with Crippen LogP contribution in [0.1, 0.15) is 18.1 Å². The second-order valence-electron chi connectivity index (χ2n) is 5.40. The Balaban J connectivity index is 1.87. The highest BCUT2D eigenvalue weighted by atomic mass is 35.5. The predicted octanol–water partition coefficient (Wildman–Crippen LogP) is 3.64.